The highest BCUT2D eigenvalue weighted by atomic mass is 35.5. The van der Waals surface area contributed by atoms with E-state index in [1.807, 2.05) is 0 Å². The van der Waals surface area contributed by atoms with Gasteiger partial charge in [-0.3, -0.25) is 9.69 Å². The molecule has 0 atom stereocenters. The lowest BCUT2D eigenvalue weighted by Crippen LogP contribution is -2.41. The van der Waals surface area contributed by atoms with Gasteiger partial charge in [0, 0.05) is 38.5 Å². The molecule has 7 nitrogen and oxygen atoms in total. The molecule has 1 aromatic rings. The maximum Gasteiger partial charge on any atom is 0.321 e. The van der Waals surface area contributed by atoms with Crippen LogP contribution >= 0.6 is 11.6 Å². The highest BCUT2D eigenvalue weighted by molar-refractivity contribution is 6.34. The van der Waals surface area contributed by atoms with Crippen LogP contribution in [0, 0.1) is 0 Å². The molecule has 142 valence electrons. The number of benzene rings is 1. The lowest BCUT2D eigenvalue weighted by atomic mass is 10.1. The number of nitrogens with one attached hydrogen (secondary N) is 1. The van der Waals surface area contributed by atoms with E-state index in [2.05, 4.69) is 5.32 Å². The van der Waals surface area contributed by atoms with E-state index in [-0.39, 0.29) is 18.0 Å². The Morgan fingerprint density at radius 3 is 2.73 bits per heavy atom. The average Bonchev–Trinajstić information content (AvgIpc) is 3.08. The summed E-state index contributed by atoms with van der Waals surface area (Å²) in [5, 5.41) is 3.16. The molecule has 3 rings (SSSR count). The number of hydrogen-bond donors (Lipinski definition) is 2. The second-order valence-electron chi connectivity index (χ2n) is 6.55. The van der Waals surface area contributed by atoms with Gasteiger partial charge in [-0.2, -0.15) is 0 Å². The summed E-state index contributed by atoms with van der Waals surface area (Å²) in [6, 6.07) is 5.00. The number of halogens is 1. The summed E-state index contributed by atoms with van der Waals surface area (Å²) >= 11 is 6.26. The number of rotatable bonds is 6. The van der Waals surface area contributed by atoms with Crippen molar-refractivity contribution < 1.29 is 14.3 Å². The Labute approximate surface area is 158 Å². The van der Waals surface area contributed by atoms with E-state index in [4.69, 9.17) is 22.1 Å². The fraction of sp³-hybridized carbons (Fsp3) is 0.556. The topological polar surface area (TPSA) is 87.9 Å². The molecule has 0 bridgehead atoms. The van der Waals surface area contributed by atoms with Crippen molar-refractivity contribution in [2.75, 3.05) is 44.2 Å². The van der Waals surface area contributed by atoms with Gasteiger partial charge < -0.3 is 20.7 Å². The second-order valence-corrected chi connectivity index (χ2v) is 6.96. The van der Waals surface area contributed by atoms with Gasteiger partial charge in [0.25, 0.3) is 5.91 Å². The van der Waals surface area contributed by atoms with E-state index in [1.165, 1.54) is 0 Å². The molecule has 1 aromatic carbocycles. The van der Waals surface area contributed by atoms with Crippen molar-refractivity contribution >= 4 is 29.2 Å². The summed E-state index contributed by atoms with van der Waals surface area (Å²) in [5.74, 6) is -0.100. The van der Waals surface area contributed by atoms with Gasteiger partial charge in [0.05, 0.1) is 16.7 Å². The molecule has 0 spiro atoms. The predicted molar refractivity (Wildman–Crippen MR) is 101 cm³/mol. The van der Waals surface area contributed by atoms with Crippen molar-refractivity contribution in [1.82, 2.24) is 10.2 Å². The van der Waals surface area contributed by atoms with Crippen LogP contribution in [0.4, 0.5) is 10.5 Å². The molecule has 0 saturated carbocycles. The zero-order valence-corrected chi connectivity index (χ0v) is 15.5. The first-order valence-electron chi connectivity index (χ1n) is 9.06. The number of urea groups is 1. The fourth-order valence-corrected chi connectivity index (χ4v) is 3.49. The van der Waals surface area contributed by atoms with Gasteiger partial charge in [-0.25, -0.2) is 4.79 Å². The summed E-state index contributed by atoms with van der Waals surface area (Å²) in [7, 11) is 0. The number of likely N-dealkylation sites (tertiary alicyclic amines) is 1. The van der Waals surface area contributed by atoms with Crippen molar-refractivity contribution in [2.24, 2.45) is 5.73 Å². The summed E-state index contributed by atoms with van der Waals surface area (Å²) in [6.45, 7) is 3.75. The first-order valence-corrected chi connectivity index (χ1v) is 9.44. The average molecular weight is 381 g/mol. The molecule has 0 aromatic heterocycles. The third-order valence-corrected chi connectivity index (χ3v) is 5.11. The Kier molecular flexibility index (Phi) is 6.34. The van der Waals surface area contributed by atoms with Crippen LogP contribution < -0.4 is 16.0 Å². The number of hydrogen-bond acceptors (Lipinski definition) is 4. The standard InChI is InChI=1S/C18H25ClN4O3/c19-16-3-2-13(23-10-7-21-18(23)25)12-15(16)17(24)22-8-4-14(5-9-22)26-11-1-6-20/h2-3,12,14H,1,4-11,20H2,(H,21,25). The Hall–Kier alpha value is -1.83. The third kappa shape index (κ3) is 4.28. The van der Waals surface area contributed by atoms with Crippen LogP contribution in [-0.4, -0.2) is 62.3 Å². The summed E-state index contributed by atoms with van der Waals surface area (Å²) in [6.07, 6.45) is 2.65. The fourth-order valence-electron chi connectivity index (χ4n) is 3.29. The SMILES string of the molecule is NCCCOC1CCN(C(=O)c2cc(N3CCNC3=O)ccc2Cl)CC1. The van der Waals surface area contributed by atoms with Crippen LogP contribution in [0.3, 0.4) is 0 Å². The van der Waals surface area contributed by atoms with Crippen molar-refractivity contribution in [1.29, 1.82) is 0 Å². The number of ether oxygens (including phenoxy) is 1. The van der Waals surface area contributed by atoms with Crippen LogP contribution in [0.25, 0.3) is 0 Å². The van der Waals surface area contributed by atoms with E-state index in [1.54, 1.807) is 28.0 Å². The van der Waals surface area contributed by atoms with Crippen LogP contribution in [0.2, 0.25) is 5.02 Å². The number of anilines is 1. The van der Waals surface area contributed by atoms with Gasteiger partial charge in [0.15, 0.2) is 0 Å². The minimum atomic E-state index is -0.152. The molecule has 2 heterocycles. The number of nitrogens with zero attached hydrogens (tertiary/aromatic N) is 2. The quantitative estimate of drug-likeness (QED) is 0.737. The molecule has 2 aliphatic rings. The Bertz CT molecular complexity index is 662. The zero-order chi connectivity index (χ0) is 18.5. The minimum absolute atomic E-state index is 0.100. The number of piperidine rings is 1. The van der Waals surface area contributed by atoms with Crippen molar-refractivity contribution in [3.63, 3.8) is 0 Å². The molecule has 0 radical (unpaired) electrons. The highest BCUT2D eigenvalue weighted by Crippen LogP contribution is 2.27. The second kappa shape index (κ2) is 8.70. The first-order chi connectivity index (χ1) is 12.6. The van der Waals surface area contributed by atoms with Crippen LogP contribution in [-0.2, 0) is 4.74 Å². The molecule has 0 unspecified atom stereocenters. The van der Waals surface area contributed by atoms with Crippen molar-refractivity contribution in [2.45, 2.75) is 25.4 Å². The smallest absolute Gasteiger partial charge is 0.321 e. The van der Waals surface area contributed by atoms with E-state index in [9.17, 15) is 9.59 Å². The molecule has 2 fully saturated rings. The highest BCUT2D eigenvalue weighted by Gasteiger charge is 2.27. The van der Waals surface area contributed by atoms with Gasteiger partial charge in [-0.1, -0.05) is 11.6 Å². The molecule has 2 aliphatic heterocycles. The normalized spacial score (nSPS) is 18.3. The van der Waals surface area contributed by atoms with E-state index < -0.39 is 0 Å². The maximum atomic E-state index is 12.9. The predicted octanol–water partition coefficient (Wildman–Crippen LogP) is 1.84. The minimum Gasteiger partial charge on any atom is -0.378 e. The van der Waals surface area contributed by atoms with Gasteiger partial charge in [0.1, 0.15) is 0 Å². The Morgan fingerprint density at radius 1 is 1.31 bits per heavy atom. The summed E-state index contributed by atoms with van der Waals surface area (Å²) in [5.41, 5.74) is 6.60. The molecule has 26 heavy (non-hydrogen) atoms. The lowest BCUT2D eigenvalue weighted by Gasteiger charge is -2.32. The Balaban J connectivity index is 1.64. The number of amides is 3. The molecule has 8 heteroatoms. The molecule has 2 saturated heterocycles. The molecule has 3 N–H and O–H groups in total. The van der Waals surface area contributed by atoms with Crippen LogP contribution in [0.15, 0.2) is 18.2 Å². The van der Waals surface area contributed by atoms with Gasteiger partial charge in [-0.05, 0) is 44.0 Å². The maximum absolute atomic E-state index is 12.9. The molecular weight excluding hydrogens is 356 g/mol. The van der Waals surface area contributed by atoms with Gasteiger partial charge in [0.2, 0.25) is 0 Å². The third-order valence-electron chi connectivity index (χ3n) is 4.78. The lowest BCUT2D eigenvalue weighted by molar-refractivity contribution is 0.00845. The molecule has 3 amide bonds. The monoisotopic (exact) mass is 380 g/mol. The van der Waals surface area contributed by atoms with Crippen molar-refractivity contribution in [3.05, 3.63) is 28.8 Å². The Morgan fingerprint density at radius 2 is 2.08 bits per heavy atom. The summed E-state index contributed by atoms with van der Waals surface area (Å²) < 4.78 is 5.78. The van der Waals surface area contributed by atoms with Crippen LogP contribution in [0.1, 0.15) is 29.6 Å². The molecular formula is C18H25ClN4O3. The summed E-state index contributed by atoms with van der Waals surface area (Å²) in [4.78, 5) is 28.2. The van der Waals surface area contributed by atoms with E-state index in [0.29, 0.717) is 55.6 Å². The largest absolute Gasteiger partial charge is 0.378 e. The molecule has 0 aliphatic carbocycles. The number of carbonyl (C=O) groups excluding carboxylic acids is 2. The first kappa shape index (κ1) is 18.9. The number of nitrogens with two attached hydrogens (primary N) is 1. The van der Waals surface area contributed by atoms with E-state index >= 15 is 0 Å². The van der Waals surface area contributed by atoms with Crippen molar-refractivity contribution in [3.8, 4) is 0 Å². The van der Waals surface area contributed by atoms with E-state index in [0.717, 1.165) is 19.3 Å². The van der Waals surface area contributed by atoms with Crippen LogP contribution in [0.5, 0.6) is 0 Å². The zero-order valence-electron chi connectivity index (χ0n) is 14.7. The number of carbonyl (C=O) groups is 2. The van der Waals surface area contributed by atoms with Gasteiger partial charge >= 0.3 is 6.03 Å². The van der Waals surface area contributed by atoms with Gasteiger partial charge in [-0.15, -0.1) is 0 Å².